The van der Waals surface area contributed by atoms with E-state index in [9.17, 15) is 14.0 Å². The molecule has 1 amide bonds. The van der Waals surface area contributed by atoms with Crippen molar-refractivity contribution < 1.29 is 23.6 Å². The van der Waals surface area contributed by atoms with Gasteiger partial charge in [0, 0.05) is 6.92 Å². The van der Waals surface area contributed by atoms with Crippen molar-refractivity contribution in [3.05, 3.63) is 103 Å². The number of nitrogens with zero attached hydrogens (tertiary/aromatic N) is 2. The number of primary amides is 1. The summed E-state index contributed by atoms with van der Waals surface area (Å²) < 4.78 is 18.8. The van der Waals surface area contributed by atoms with Gasteiger partial charge in [-0.1, -0.05) is 30.3 Å². The number of hydrogen-bond donors (Lipinski definition) is 1. The van der Waals surface area contributed by atoms with Crippen LogP contribution in [0.1, 0.15) is 17.4 Å². The number of halogens is 1. The highest BCUT2D eigenvalue weighted by Crippen LogP contribution is 2.31. The fourth-order valence-electron chi connectivity index (χ4n) is 3.19. The van der Waals surface area contributed by atoms with Gasteiger partial charge in [0.2, 0.25) is 0 Å². The van der Waals surface area contributed by atoms with Crippen LogP contribution >= 0.6 is 0 Å². The molecule has 0 aliphatic rings. The number of hydrogen-bond acceptors (Lipinski definition) is 6. The predicted octanol–water partition coefficient (Wildman–Crippen LogP) is 5.40. The lowest BCUT2D eigenvalue weighted by molar-refractivity contribution is -0.141. The standard InChI is InChI=1S/C26H20FN3O4/c1-17(31)34-30(21-5-3-2-4-6-21)25-16-19(15-24(29-25)26(28)32)18-7-11-22(12-8-18)33-23-13-9-20(27)10-14-23/h2-16H,1H3,(H2,28,32). The number of amides is 1. The Bertz CT molecular complexity index is 1310. The minimum atomic E-state index is -0.727. The highest BCUT2D eigenvalue weighted by atomic mass is 19.1. The summed E-state index contributed by atoms with van der Waals surface area (Å²) in [6.45, 7) is 1.27. The lowest BCUT2D eigenvalue weighted by Gasteiger charge is -2.22. The summed E-state index contributed by atoms with van der Waals surface area (Å²) in [6.07, 6.45) is 0. The minimum Gasteiger partial charge on any atom is -0.457 e. The van der Waals surface area contributed by atoms with Crippen LogP contribution in [0, 0.1) is 5.82 Å². The third-order valence-electron chi connectivity index (χ3n) is 4.72. The van der Waals surface area contributed by atoms with Gasteiger partial charge < -0.3 is 15.3 Å². The van der Waals surface area contributed by atoms with Crippen LogP contribution < -0.4 is 15.5 Å². The number of benzene rings is 3. The van der Waals surface area contributed by atoms with Crippen molar-refractivity contribution in [2.75, 3.05) is 5.06 Å². The van der Waals surface area contributed by atoms with Crippen molar-refractivity contribution >= 4 is 23.4 Å². The lowest BCUT2D eigenvalue weighted by atomic mass is 10.1. The first-order valence-electron chi connectivity index (χ1n) is 10.3. The van der Waals surface area contributed by atoms with Crippen molar-refractivity contribution in [1.82, 2.24) is 4.98 Å². The topological polar surface area (TPSA) is 94.7 Å². The van der Waals surface area contributed by atoms with Crippen LogP contribution in [0.3, 0.4) is 0 Å². The van der Waals surface area contributed by atoms with E-state index < -0.39 is 11.9 Å². The van der Waals surface area contributed by atoms with E-state index >= 15 is 0 Å². The molecule has 0 fully saturated rings. The van der Waals surface area contributed by atoms with Crippen LogP contribution in [-0.2, 0) is 9.63 Å². The monoisotopic (exact) mass is 457 g/mol. The predicted molar refractivity (Wildman–Crippen MR) is 125 cm³/mol. The van der Waals surface area contributed by atoms with Gasteiger partial charge in [-0.15, -0.1) is 0 Å². The summed E-state index contributed by atoms with van der Waals surface area (Å²) in [5.41, 5.74) is 7.43. The Morgan fingerprint density at radius 2 is 1.47 bits per heavy atom. The molecule has 0 atom stereocenters. The molecule has 0 spiro atoms. The summed E-state index contributed by atoms with van der Waals surface area (Å²) in [5, 5.41) is 1.24. The highest BCUT2D eigenvalue weighted by molar-refractivity contribution is 5.93. The molecule has 0 saturated carbocycles. The first-order valence-corrected chi connectivity index (χ1v) is 10.3. The first kappa shape index (κ1) is 22.5. The average Bonchev–Trinajstić information content (AvgIpc) is 2.84. The first-order chi connectivity index (χ1) is 16.4. The van der Waals surface area contributed by atoms with Gasteiger partial charge in [0.05, 0.1) is 5.69 Å². The van der Waals surface area contributed by atoms with Crippen LogP contribution in [0.5, 0.6) is 11.5 Å². The van der Waals surface area contributed by atoms with Gasteiger partial charge in [0.25, 0.3) is 5.91 Å². The molecule has 0 bridgehead atoms. The second-order valence-electron chi connectivity index (χ2n) is 7.26. The average molecular weight is 457 g/mol. The number of para-hydroxylation sites is 1. The molecule has 1 heterocycles. The van der Waals surface area contributed by atoms with E-state index in [1.807, 2.05) is 6.07 Å². The normalized spacial score (nSPS) is 10.4. The maximum Gasteiger partial charge on any atom is 0.329 e. The number of ether oxygens (including phenoxy) is 1. The Morgan fingerprint density at radius 1 is 0.853 bits per heavy atom. The summed E-state index contributed by atoms with van der Waals surface area (Å²) in [6, 6.07) is 24.9. The van der Waals surface area contributed by atoms with Crippen molar-refractivity contribution in [3.8, 4) is 22.6 Å². The number of anilines is 2. The van der Waals surface area contributed by atoms with Crippen molar-refractivity contribution in [1.29, 1.82) is 0 Å². The quantitative estimate of drug-likeness (QED) is 0.374. The molecule has 1 aromatic heterocycles. The van der Waals surface area contributed by atoms with E-state index in [1.54, 1.807) is 60.7 Å². The van der Waals surface area contributed by atoms with E-state index in [0.717, 1.165) is 5.56 Å². The molecule has 170 valence electrons. The summed E-state index contributed by atoms with van der Waals surface area (Å²) in [7, 11) is 0. The summed E-state index contributed by atoms with van der Waals surface area (Å²) in [4.78, 5) is 33.4. The molecule has 7 nitrogen and oxygen atoms in total. The second-order valence-corrected chi connectivity index (χ2v) is 7.26. The Hall–Kier alpha value is -4.72. The van der Waals surface area contributed by atoms with Crippen LogP contribution in [0.15, 0.2) is 91.0 Å². The van der Waals surface area contributed by atoms with Crippen molar-refractivity contribution in [2.45, 2.75) is 6.92 Å². The molecule has 8 heteroatoms. The maximum atomic E-state index is 13.1. The van der Waals surface area contributed by atoms with E-state index in [4.69, 9.17) is 15.3 Å². The number of rotatable bonds is 7. The molecule has 4 aromatic rings. The van der Waals surface area contributed by atoms with Gasteiger partial charge in [-0.25, -0.2) is 14.2 Å². The molecule has 2 N–H and O–H groups in total. The number of nitrogens with two attached hydrogens (primary N) is 1. The van der Waals surface area contributed by atoms with Crippen molar-refractivity contribution in [2.24, 2.45) is 5.73 Å². The largest absolute Gasteiger partial charge is 0.457 e. The molecule has 34 heavy (non-hydrogen) atoms. The number of pyridine rings is 1. The molecule has 0 aliphatic carbocycles. The van der Waals surface area contributed by atoms with Gasteiger partial charge in [-0.3, -0.25) is 4.79 Å². The molecular weight excluding hydrogens is 437 g/mol. The fourth-order valence-corrected chi connectivity index (χ4v) is 3.19. The SMILES string of the molecule is CC(=O)ON(c1ccccc1)c1cc(-c2ccc(Oc3ccc(F)cc3)cc2)cc(C(N)=O)n1. The van der Waals surface area contributed by atoms with Gasteiger partial charge in [0.1, 0.15) is 23.0 Å². The molecular formula is C26H20FN3O4. The van der Waals surface area contributed by atoms with E-state index in [1.165, 1.54) is 36.3 Å². The van der Waals surface area contributed by atoms with Crippen LogP contribution in [0.2, 0.25) is 0 Å². The highest BCUT2D eigenvalue weighted by Gasteiger charge is 2.18. The van der Waals surface area contributed by atoms with E-state index in [-0.39, 0.29) is 17.3 Å². The second kappa shape index (κ2) is 9.83. The van der Waals surface area contributed by atoms with Gasteiger partial charge >= 0.3 is 5.97 Å². The molecule has 4 rings (SSSR count). The van der Waals surface area contributed by atoms with Crippen molar-refractivity contribution in [3.63, 3.8) is 0 Å². The number of carbonyl (C=O) groups excluding carboxylic acids is 2. The zero-order valence-corrected chi connectivity index (χ0v) is 18.1. The summed E-state index contributed by atoms with van der Waals surface area (Å²) in [5.74, 6) is -0.380. The van der Waals surface area contributed by atoms with E-state index in [0.29, 0.717) is 22.7 Å². The van der Waals surface area contributed by atoms with Crippen LogP contribution in [-0.4, -0.2) is 16.9 Å². The van der Waals surface area contributed by atoms with E-state index in [2.05, 4.69) is 4.98 Å². The van der Waals surface area contributed by atoms with Crippen LogP contribution in [0.4, 0.5) is 15.9 Å². The van der Waals surface area contributed by atoms with Gasteiger partial charge in [-0.05, 0) is 71.8 Å². The lowest BCUT2D eigenvalue weighted by Crippen LogP contribution is -2.23. The zero-order chi connectivity index (χ0) is 24.1. The van der Waals surface area contributed by atoms with Gasteiger partial charge in [0.15, 0.2) is 5.82 Å². The Kier molecular flexibility index (Phi) is 6.49. The number of aromatic nitrogens is 1. The molecule has 0 aliphatic heterocycles. The molecule has 0 radical (unpaired) electrons. The Labute approximate surface area is 195 Å². The number of carbonyl (C=O) groups is 2. The summed E-state index contributed by atoms with van der Waals surface area (Å²) >= 11 is 0. The molecule has 0 saturated heterocycles. The Balaban J connectivity index is 1.69. The minimum absolute atomic E-state index is 0.00669. The Morgan fingerprint density at radius 3 is 2.06 bits per heavy atom. The fraction of sp³-hybridized carbons (Fsp3) is 0.0385. The maximum absolute atomic E-state index is 13.1. The zero-order valence-electron chi connectivity index (χ0n) is 18.1. The molecule has 0 unspecified atom stereocenters. The van der Waals surface area contributed by atoms with Gasteiger partial charge in [-0.2, -0.15) is 5.06 Å². The third-order valence-corrected chi connectivity index (χ3v) is 4.72. The molecule has 3 aromatic carbocycles. The smallest absolute Gasteiger partial charge is 0.329 e. The third kappa shape index (κ3) is 5.36. The van der Waals surface area contributed by atoms with Crippen LogP contribution in [0.25, 0.3) is 11.1 Å².